The van der Waals surface area contributed by atoms with Gasteiger partial charge in [-0.3, -0.25) is 25.3 Å². The number of hydrogen-bond acceptors (Lipinski definition) is 6. The van der Waals surface area contributed by atoms with E-state index in [4.69, 9.17) is 0 Å². The molecule has 0 saturated heterocycles. The molecule has 0 aliphatic rings. The van der Waals surface area contributed by atoms with Gasteiger partial charge in [0.25, 0.3) is 12.2 Å². The summed E-state index contributed by atoms with van der Waals surface area (Å²) >= 11 is 0. The molecule has 0 aromatic heterocycles. The van der Waals surface area contributed by atoms with Crippen molar-refractivity contribution in [1.82, 2.24) is 0 Å². The van der Waals surface area contributed by atoms with Crippen molar-refractivity contribution in [2.45, 2.75) is 15.3 Å². The second-order valence-electron chi connectivity index (χ2n) is 6.21. The van der Waals surface area contributed by atoms with Crippen LogP contribution in [0.3, 0.4) is 0 Å². The highest BCUT2D eigenvalue weighted by Gasteiger charge is 2.51. The molecule has 0 aliphatic carbocycles. The van der Waals surface area contributed by atoms with Crippen LogP contribution in [0.5, 0.6) is 0 Å². The normalized spacial score (nSPS) is 12.9. The molecule has 0 aliphatic heterocycles. The lowest BCUT2D eigenvalue weighted by Gasteiger charge is -2.30. The van der Waals surface area contributed by atoms with Gasteiger partial charge < -0.3 is 0 Å². The third-order valence-electron chi connectivity index (χ3n) is 3.90. The zero-order valence-corrected chi connectivity index (χ0v) is 18.5. The van der Waals surface area contributed by atoms with Crippen molar-refractivity contribution in [3.63, 3.8) is 0 Å². The quantitative estimate of drug-likeness (QED) is 0.362. The van der Waals surface area contributed by atoms with Gasteiger partial charge in [-0.15, -0.1) is 0 Å². The van der Waals surface area contributed by atoms with Gasteiger partial charge in [0.05, 0.1) is 23.6 Å². The average Bonchev–Trinajstić information content (AvgIpc) is 2.66. The van der Waals surface area contributed by atoms with Crippen LogP contribution in [0, 0.1) is 3.91 Å². The molecule has 2 aromatic carbocycles. The Bertz CT molecular complexity index is 1340. The summed E-state index contributed by atoms with van der Waals surface area (Å²) in [7, 11) is -18.9. The summed E-state index contributed by atoms with van der Waals surface area (Å²) in [6.07, 6.45) is -3.92. The van der Waals surface area contributed by atoms with Crippen LogP contribution in [0.1, 0.15) is 11.1 Å². The van der Waals surface area contributed by atoms with Crippen molar-refractivity contribution in [3.05, 3.63) is 75.7 Å². The minimum atomic E-state index is -7.03. The Hall–Kier alpha value is -2.72. The van der Waals surface area contributed by atoms with Crippen molar-refractivity contribution < 1.29 is 56.0 Å². The fourth-order valence-corrected chi connectivity index (χ4v) is 9.21. The Balaban J connectivity index is 2.76. The summed E-state index contributed by atoms with van der Waals surface area (Å²) in [5, 5.41) is 0. The highest BCUT2D eigenvalue weighted by atomic mass is 32.3. The highest BCUT2D eigenvalue weighted by Crippen LogP contribution is 2.43. The van der Waals surface area contributed by atoms with E-state index in [0.717, 1.165) is 0 Å². The van der Waals surface area contributed by atoms with Gasteiger partial charge in [-0.1, -0.05) is 24.3 Å². The lowest BCUT2D eigenvalue weighted by molar-refractivity contribution is -0.0427. The van der Waals surface area contributed by atoms with Gasteiger partial charge in [0.2, 0.25) is 0 Å². The Kier molecular flexibility index (Phi) is 7.69. The number of halogens is 7. The second-order valence-corrected chi connectivity index (χ2v) is 12.6. The molecule has 0 unspecified atom stereocenters. The molecule has 0 fully saturated rings. The van der Waals surface area contributed by atoms with Crippen LogP contribution in [0.2, 0.25) is 0 Å². The van der Waals surface area contributed by atoms with Crippen LogP contribution in [0.4, 0.5) is 30.7 Å². The number of hydrogen-bond donors (Lipinski definition) is 0. The van der Waals surface area contributed by atoms with E-state index in [0.29, 0.717) is 48.5 Å². The van der Waals surface area contributed by atoms with E-state index in [1.165, 1.54) is 0 Å². The maximum absolute atomic E-state index is 13.3. The van der Waals surface area contributed by atoms with Crippen LogP contribution in [0.15, 0.2) is 70.5 Å². The molecule has 16 heteroatoms. The third-order valence-corrected chi connectivity index (χ3v) is 11.6. The topological polar surface area (TPSA) is 102 Å². The Morgan fingerprint density at radius 2 is 0.912 bits per heavy atom. The number of alkyl halides is 3. The van der Waals surface area contributed by atoms with E-state index in [2.05, 4.69) is 0 Å². The SMILES string of the molecule is O=S(=O)(c1ccc(C=C(F)F)cc1)[C-](S(=O)(=O)c1ccc(C=C(F)F)cc1)S(=O)(=O)C(F)(F)F. The van der Waals surface area contributed by atoms with E-state index in [1.807, 2.05) is 0 Å². The van der Waals surface area contributed by atoms with Crippen LogP contribution in [0.25, 0.3) is 12.2 Å². The molecule has 186 valence electrons. The molecule has 6 nitrogen and oxygen atoms in total. The molecule has 0 spiro atoms. The Morgan fingerprint density at radius 1 is 0.618 bits per heavy atom. The second kappa shape index (κ2) is 9.50. The van der Waals surface area contributed by atoms with E-state index in [9.17, 15) is 56.0 Å². The smallest absolute Gasteiger partial charge is 0.255 e. The fraction of sp³-hybridized carbons (Fsp3) is 0.0556. The lowest BCUT2D eigenvalue weighted by Crippen LogP contribution is -2.38. The van der Waals surface area contributed by atoms with Crippen LogP contribution < -0.4 is 0 Å². The molecule has 0 radical (unpaired) electrons. The predicted octanol–water partition coefficient (Wildman–Crippen LogP) is 4.79. The van der Waals surface area contributed by atoms with Gasteiger partial charge in [0.1, 0.15) is 0 Å². The van der Waals surface area contributed by atoms with Crippen molar-refractivity contribution in [3.8, 4) is 0 Å². The Morgan fingerprint density at radius 3 is 1.15 bits per heavy atom. The first kappa shape index (κ1) is 27.5. The molecule has 34 heavy (non-hydrogen) atoms. The first-order valence-corrected chi connectivity index (χ1v) is 12.8. The molecule has 0 bridgehead atoms. The minimum Gasteiger partial charge on any atom is -0.255 e. The van der Waals surface area contributed by atoms with E-state index in [1.54, 1.807) is 0 Å². The molecule has 2 rings (SSSR count). The third kappa shape index (κ3) is 5.67. The molecule has 0 heterocycles. The zero-order valence-electron chi connectivity index (χ0n) is 16.1. The molecule has 0 saturated carbocycles. The summed E-state index contributed by atoms with van der Waals surface area (Å²) in [4.78, 5) is -2.51. The van der Waals surface area contributed by atoms with Gasteiger partial charge in [-0.25, -0.2) is 0 Å². The van der Waals surface area contributed by atoms with E-state index >= 15 is 0 Å². The first-order valence-electron chi connectivity index (χ1n) is 8.35. The molecular weight excluding hydrogens is 541 g/mol. The van der Waals surface area contributed by atoms with Gasteiger partial charge in [0, 0.05) is 21.9 Å². The largest absolute Gasteiger partial charge is 0.470 e. The van der Waals surface area contributed by atoms with Gasteiger partial charge in [-0.2, -0.15) is 30.7 Å². The Labute approximate surface area is 188 Å². The zero-order chi connectivity index (χ0) is 26.1. The van der Waals surface area contributed by atoms with E-state index < -0.39 is 60.9 Å². The summed E-state index contributed by atoms with van der Waals surface area (Å²) in [6, 6.07) is 4.41. The fourth-order valence-electron chi connectivity index (χ4n) is 2.46. The maximum Gasteiger partial charge on any atom is 0.470 e. The molecule has 2 aromatic rings. The summed E-state index contributed by atoms with van der Waals surface area (Å²) in [5.74, 6) is 0. The predicted molar refractivity (Wildman–Crippen MR) is 106 cm³/mol. The van der Waals surface area contributed by atoms with E-state index in [-0.39, 0.29) is 23.3 Å². The highest BCUT2D eigenvalue weighted by molar-refractivity contribution is 8.29. The number of rotatable bonds is 7. The summed E-state index contributed by atoms with van der Waals surface area (Å²) in [5.41, 5.74) is -7.03. The molecule has 0 atom stereocenters. The average molecular weight is 551 g/mol. The van der Waals surface area contributed by atoms with Crippen molar-refractivity contribution >= 4 is 41.7 Å². The minimum absolute atomic E-state index is 0.250. The lowest BCUT2D eigenvalue weighted by atomic mass is 10.2. The van der Waals surface area contributed by atoms with Crippen LogP contribution >= 0.6 is 0 Å². The monoisotopic (exact) mass is 551 g/mol. The van der Waals surface area contributed by atoms with Crippen LogP contribution in [-0.2, 0) is 29.5 Å². The van der Waals surface area contributed by atoms with Gasteiger partial charge in [-0.05, 0) is 35.4 Å². The van der Waals surface area contributed by atoms with Gasteiger partial charge in [0.15, 0.2) is 9.84 Å². The maximum atomic E-state index is 13.3. The molecule has 0 amide bonds. The van der Waals surface area contributed by atoms with Gasteiger partial charge >= 0.3 is 5.51 Å². The molecular formula is C18H10F7O6S3-. The van der Waals surface area contributed by atoms with Crippen LogP contribution in [-0.4, -0.2) is 30.8 Å². The van der Waals surface area contributed by atoms with Crippen molar-refractivity contribution in [1.29, 1.82) is 0 Å². The first-order chi connectivity index (χ1) is 15.4. The number of sulfone groups is 3. The van der Waals surface area contributed by atoms with Crippen molar-refractivity contribution in [2.24, 2.45) is 0 Å². The number of benzene rings is 2. The molecule has 0 N–H and O–H groups in total. The van der Waals surface area contributed by atoms with Crippen molar-refractivity contribution in [2.75, 3.05) is 0 Å². The summed E-state index contributed by atoms with van der Waals surface area (Å²) < 4.78 is 162. The standard InChI is InChI=1S/C18H10F7O6S3/c19-15(20)9-11-1-5-13(6-2-11)32(26,27)17(34(30,31)18(23,24)25)33(28,29)14-7-3-12(4-8-14)10-16(21)22/h1-10H/q-1. The summed E-state index contributed by atoms with van der Waals surface area (Å²) in [6.45, 7) is 0.